The molecule has 82 heavy (non-hydrogen) atoms. The van der Waals surface area contributed by atoms with Crippen LogP contribution in [0.4, 0.5) is 0 Å². The number of esters is 3. The van der Waals surface area contributed by atoms with Gasteiger partial charge in [0, 0.05) is 19.3 Å². The molecule has 0 aliphatic carbocycles. The van der Waals surface area contributed by atoms with Gasteiger partial charge in [-0.05, 0) is 116 Å². The largest absolute Gasteiger partial charge is 0.462 e. The third-order valence-corrected chi connectivity index (χ3v) is 15.6. The van der Waals surface area contributed by atoms with Gasteiger partial charge in [-0.1, -0.05) is 311 Å². The van der Waals surface area contributed by atoms with Crippen LogP contribution >= 0.6 is 0 Å². The first-order valence-corrected chi connectivity index (χ1v) is 35.6. The van der Waals surface area contributed by atoms with E-state index in [2.05, 4.69) is 106 Å². The smallest absolute Gasteiger partial charge is 0.306 e. The van der Waals surface area contributed by atoms with E-state index in [1.54, 1.807) is 0 Å². The fourth-order valence-electron chi connectivity index (χ4n) is 10.3. The zero-order valence-electron chi connectivity index (χ0n) is 54.5. The van der Waals surface area contributed by atoms with Crippen molar-refractivity contribution in [2.75, 3.05) is 13.2 Å². The summed E-state index contributed by atoms with van der Waals surface area (Å²) in [4.78, 5) is 38.5. The van der Waals surface area contributed by atoms with Crippen LogP contribution in [0.1, 0.15) is 361 Å². The van der Waals surface area contributed by atoms with Crippen LogP contribution in [-0.4, -0.2) is 37.2 Å². The average molecular weight is 1140 g/mol. The van der Waals surface area contributed by atoms with E-state index < -0.39 is 6.10 Å². The third-order valence-electron chi connectivity index (χ3n) is 15.6. The van der Waals surface area contributed by atoms with Crippen LogP contribution in [0.25, 0.3) is 0 Å². The minimum Gasteiger partial charge on any atom is -0.462 e. The SMILES string of the molecule is CC/C=C\C/C=C\C/C=C\C/C=C\CCCCCCCCCCCCCCC(=O)OCC(COC(=O)CCCCCCCCC/C=C\CCCCCCCCC)OC(=O)CCCCCCCCCCC/C=C\C/C=C\CCCCCCC. The first-order chi connectivity index (χ1) is 40.5. The van der Waals surface area contributed by atoms with Crippen molar-refractivity contribution in [2.45, 2.75) is 367 Å². The van der Waals surface area contributed by atoms with Crippen molar-refractivity contribution in [3.05, 3.63) is 85.1 Å². The number of ether oxygens (including phenoxy) is 3. The van der Waals surface area contributed by atoms with Crippen LogP contribution in [0.2, 0.25) is 0 Å². The van der Waals surface area contributed by atoms with E-state index in [1.165, 1.54) is 231 Å². The molecule has 0 aliphatic heterocycles. The summed E-state index contributed by atoms with van der Waals surface area (Å²) in [6, 6.07) is 0. The Morgan fingerprint density at radius 3 is 0.756 bits per heavy atom. The zero-order valence-corrected chi connectivity index (χ0v) is 54.5. The molecule has 0 rings (SSSR count). The average Bonchev–Trinajstić information content (AvgIpc) is 3.47. The number of hydrogen-bond acceptors (Lipinski definition) is 6. The zero-order chi connectivity index (χ0) is 59.2. The molecule has 0 N–H and O–H groups in total. The summed E-state index contributed by atoms with van der Waals surface area (Å²) in [5.74, 6) is -0.869. The van der Waals surface area contributed by atoms with E-state index in [-0.39, 0.29) is 31.1 Å². The van der Waals surface area contributed by atoms with Crippen LogP contribution in [0, 0.1) is 0 Å². The van der Waals surface area contributed by atoms with Crippen LogP contribution in [0.3, 0.4) is 0 Å². The first kappa shape index (κ1) is 78.6. The molecule has 0 heterocycles. The van der Waals surface area contributed by atoms with Gasteiger partial charge in [-0.3, -0.25) is 14.4 Å². The summed E-state index contributed by atoms with van der Waals surface area (Å²) in [5, 5.41) is 0. The Morgan fingerprint density at radius 2 is 0.476 bits per heavy atom. The van der Waals surface area contributed by atoms with Gasteiger partial charge in [-0.2, -0.15) is 0 Å². The molecule has 1 atom stereocenters. The summed E-state index contributed by atoms with van der Waals surface area (Å²) >= 11 is 0. The third kappa shape index (κ3) is 67.4. The second-order valence-corrected chi connectivity index (χ2v) is 23.8. The Labute approximate surface area is 509 Å². The molecule has 0 saturated heterocycles. The van der Waals surface area contributed by atoms with E-state index >= 15 is 0 Å². The minimum absolute atomic E-state index is 0.0783. The summed E-state index contributed by atoms with van der Waals surface area (Å²) in [5.41, 5.74) is 0. The number of carbonyl (C=O) groups is 3. The molecule has 0 aliphatic rings. The van der Waals surface area contributed by atoms with Crippen molar-refractivity contribution >= 4 is 17.9 Å². The lowest BCUT2D eigenvalue weighted by Crippen LogP contribution is -2.30. The van der Waals surface area contributed by atoms with Gasteiger partial charge in [0.25, 0.3) is 0 Å². The molecular weight excluding hydrogens is 1010 g/mol. The van der Waals surface area contributed by atoms with Crippen molar-refractivity contribution < 1.29 is 28.6 Å². The highest BCUT2D eigenvalue weighted by Crippen LogP contribution is 2.17. The van der Waals surface area contributed by atoms with E-state index in [4.69, 9.17) is 14.2 Å². The Balaban J connectivity index is 4.35. The standard InChI is InChI=1S/C76H134O6/c1-4-7-10-13-16-19-22-25-28-31-34-36-37-38-39-41-42-45-48-51-54-57-60-63-66-69-75(78)81-72-73(71-80-74(77)68-65-62-59-56-53-50-47-44-33-30-27-24-21-18-15-12-9-6-3)82-76(79)70-67-64-61-58-55-52-49-46-43-40-35-32-29-26-23-20-17-14-11-8-5-2/h7,10,16,19,23,25-26,28,30,32-36,73H,4-6,8-9,11-15,17-18,20-22,24,27,29,31,37-72H2,1-3H3/b10-7-,19-16-,26-23-,28-25-,33-30-,35-32-,36-34-. The molecule has 474 valence electrons. The number of unbranched alkanes of at least 4 members (excludes halogenated alkanes) is 40. The normalized spacial score (nSPS) is 12.6. The van der Waals surface area contributed by atoms with Gasteiger partial charge in [-0.25, -0.2) is 0 Å². The molecule has 0 aromatic heterocycles. The summed E-state index contributed by atoms with van der Waals surface area (Å²) < 4.78 is 17.0. The highest BCUT2D eigenvalue weighted by Gasteiger charge is 2.19. The molecule has 0 radical (unpaired) electrons. The molecule has 1 unspecified atom stereocenters. The molecule has 0 spiro atoms. The molecule has 0 saturated carbocycles. The van der Waals surface area contributed by atoms with Crippen molar-refractivity contribution in [1.82, 2.24) is 0 Å². The number of rotatable bonds is 65. The minimum atomic E-state index is -0.783. The number of carbonyl (C=O) groups excluding carboxylic acids is 3. The van der Waals surface area contributed by atoms with E-state index in [0.29, 0.717) is 19.3 Å². The molecule has 6 heteroatoms. The lowest BCUT2D eigenvalue weighted by atomic mass is 10.0. The molecule has 0 amide bonds. The fourth-order valence-corrected chi connectivity index (χ4v) is 10.3. The Kier molecular flexibility index (Phi) is 67.2. The van der Waals surface area contributed by atoms with Crippen LogP contribution in [0.5, 0.6) is 0 Å². The van der Waals surface area contributed by atoms with Gasteiger partial charge in [0.15, 0.2) is 6.10 Å². The van der Waals surface area contributed by atoms with Gasteiger partial charge in [0.2, 0.25) is 0 Å². The van der Waals surface area contributed by atoms with Gasteiger partial charge >= 0.3 is 17.9 Å². The molecule has 0 aromatic carbocycles. The van der Waals surface area contributed by atoms with E-state index in [1.807, 2.05) is 0 Å². The maximum absolute atomic E-state index is 13.0. The Bertz CT molecular complexity index is 1550. The maximum Gasteiger partial charge on any atom is 0.306 e. The summed E-state index contributed by atoms with van der Waals surface area (Å²) in [6.45, 7) is 6.56. The number of allylic oxidation sites excluding steroid dienone is 14. The van der Waals surface area contributed by atoms with Crippen LogP contribution < -0.4 is 0 Å². The molecular formula is C76H134O6. The van der Waals surface area contributed by atoms with Gasteiger partial charge in [-0.15, -0.1) is 0 Å². The Hall–Kier alpha value is -3.41. The summed E-state index contributed by atoms with van der Waals surface area (Å²) in [6.07, 6.45) is 93.1. The predicted molar refractivity (Wildman–Crippen MR) is 358 cm³/mol. The Morgan fingerprint density at radius 1 is 0.256 bits per heavy atom. The van der Waals surface area contributed by atoms with E-state index in [0.717, 1.165) is 89.9 Å². The van der Waals surface area contributed by atoms with Crippen molar-refractivity contribution in [1.29, 1.82) is 0 Å². The van der Waals surface area contributed by atoms with Crippen LogP contribution in [-0.2, 0) is 28.6 Å². The summed E-state index contributed by atoms with van der Waals surface area (Å²) in [7, 11) is 0. The molecule has 0 aromatic rings. The van der Waals surface area contributed by atoms with Crippen molar-refractivity contribution in [2.24, 2.45) is 0 Å². The van der Waals surface area contributed by atoms with Crippen molar-refractivity contribution in [3.63, 3.8) is 0 Å². The topological polar surface area (TPSA) is 78.9 Å². The highest BCUT2D eigenvalue weighted by atomic mass is 16.6. The lowest BCUT2D eigenvalue weighted by molar-refractivity contribution is -0.167. The van der Waals surface area contributed by atoms with Gasteiger partial charge in [0.1, 0.15) is 13.2 Å². The van der Waals surface area contributed by atoms with E-state index in [9.17, 15) is 14.4 Å². The predicted octanol–water partition coefficient (Wildman–Crippen LogP) is 24.6. The molecule has 0 fully saturated rings. The molecule has 6 nitrogen and oxygen atoms in total. The second-order valence-electron chi connectivity index (χ2n) is 23.8. The molecule has 0 bridgehead atoms. The quantitative estimate of drug-likeness (QED) is 0.0261. The second kappa shape index (κ2) is 70.1. The fraction of sp³-hybridized carbons (Fsp3) is 0.776. The van der Waals surface area contributed by atoms with Crippen molar-refractivity contribution in [3.8, 4) is 0 Å². The van der Waals surface area contributed by atoms with Gasteiger partial charge < -0.3 is 14.2 Å². The monoisotopic (exact) mass is 1140 g/mol. The van der Waals surface area contributed by atoms with Crippen LogP contribution in [0.15, 0.2) is 85.1 Å². The lowest BCUT2D eigenvalue weighted by Gasteiger charge is -2.18. The maximum atomic E-state index is 13.0. The highest BCUT2D eigenvalue weighted by molar-refractivity contribution is 5.71. The van der Waals surface area contributed by atoms with Gasteiger partial charge in [0.05, 0.1) is 0 Å². The first-order valence-electron chi connectivity index (χ1n) is 35.6. The number of hydrogen-bond donors (Lipinski definition) is 0.